The van der Waals surface area contributed by atoms with E-state index in [0.29, 0.717) is 13.0 Å². The minimum atomic E-state index is -0.956. The van der Waals surface area contributed by atoms with E-state index in [1.807, 2.05) is 30.3 Å². The monoisotopic (exact) mass is 290 g/mol. The van der Waals surface area contributed by atoms with Crippen molar-refractivity contribution in [3.63, 3.8) is 0 Å². The summed E-state index contributed by atoms with van der Waals surface area (Å²) < 4.78 is 0. The first-order valence-corrected chi connectivity index (χ1v) is 6.77. The van der Waals surface area contributed by atoms with Crippen LogP contribution in [0.4, 0.5) is 0 Å². The highest BCUT2D eigenvalue weighted by molar-refractivity contribution is 5.91. The Labute approximate surface area is 122 Å². The molecule has 0 radical (unpaired) electrons. The van der Waals surface area contributed by atoms with E-state index in [9.17, 15) is 14.4 Å². The number of hydrogen-bond donors (Lipinski definition) is 2. The van der Waals surface area contributed by atoms with Crippen molar-refractivity contribution in [2.24, 2.45) is 11.8 Å². The molecule has 0 aliphatic heterocycles. The SMILES string of the molecule is CN(Cc1ccccc1)C(=O)CNC(=O)C1CC1C(=O)O. The van der Waals surface area contributed by atoms with Gasteiger partial charge in [-0.1, -0.05) is 30.3 Å². The summed E-state index contributed by atoms with van der Waals surface area (Å²) in [5, 5.41) is 11.2. The summed E-state index contributed by atoms with van der Waals surface area (Å²) in [5.41, 5.74) is 1.01. The van der Waals surface area contributed by atoms with Gasteiger partial charge in [-0.25, -0.2) is 0 Å². The molecule has 1 saturated carbocycles. The van der Waals surface area contributed by atoms with Crippen molar-refractivity contribution in [2.75, 3.05) is 13.6 Å². The summed E-state index contributed by atoms with van der Waals surface area (Å²) in [6.45, 7) is 0.363. The smallest absolute Gasteiger partial charge is 0.307 e. The molecule has 1 aromatic carbocycles. The fourth-order valence-corrected chi connectivity index (χ4v) is 2.13. The summed E-state index contributed by atoms with van der Waals surface area (Å²) in [5.74, 6) is -2.61. The van der Waals surface area contributed by atoms with Gasteiger partial charge in [-0.2, -0.15) is 0 Å². The number of likely N-dealkylation sites (N-methyl/N-ethyl adjacent to an activating group) is 1. The second kappa shape index (κ2) is 6.39. The maximum Gasteiger partial charge on any atom is 0.307 e. The lowest BCUT2D eigenvalue weighted by atomic mass is 10.2. The van der Waals surface area contributed by atoms with Crippen LogP contribution in [0.15, 0.2) is 30.3 Å². The zero-order valence-electron chi connectivity index (χ0n) is 11.8. The molecule has 0 aromatic heterocycles. The fraction of sp³-hybridized carbons (Fsp3) is 0.400. The van der Waals surface area contributed by atoms with Gasteiger partial charge in [0.1, 0.15) is 0 Å². The summed E-state index contributed by atoms with van der Waals surface area (Å²) in [4.78, 5) is 35.8. The number of carbonyl (C=O) groups is 3. The number of carboxylic acids is 1. The van der Waals surface area contributed by atoms with Gasteiger partial charge in [-0.05, 0) is 12.0 Å². The molecule has 112 valence electrons. The number of rotatable bonds is 6. The van der Waals surface area contributed by atoms with E-state index >= 15 is 0 Å². The van der Waals surface area contributed by atoms with E-state index in [2.05, 4.69) is 5.32 Å². The van der Waals surface area contributed by atoms with Crippen LogP contribution in [0.5, 0.6) is 0 Å². The van der Waals surface area contributed by atoms with Gasteiger partial charge in [-0.3, -0.25) is 14.4 Å². The van der Waals surface area contributed by atoms with Crippen molar-refractivity contribution in [3.8, 4) is 0 Å². The average Bonchev–Trinajstić information content (AvgIpc) is 3.26. The second-order valence-corrected chi connectivity index (χ2v) is 5.24. The van der Waals surface area contributed by atoms with Crippen molar-refractivity contribution in [1.29, 1.82) is 0 Å². The van der Waals surface area contributed by atoms with Gasteiger partial charge < -0.3 is 15.3 Å². The summed E-state index contributed by atoms with van der Waals surface area (Å²) in [7, 11) is 1.67. The highest BCUT2D eigenvalue weighted by Crippen LogP contribution is 2.38. The van der Waals surface area contributed by atoms with Crippen LogP contribution in [0.25, 0.3) is 0 Å². The number of aliphatic carboxylic acids is 1. The lowest BCUT2D eigenvalue weighted by molar-refractivity contribution is -0.140. The van der Waals surface area contributed by atoms with Gasteiger partial charge in [-0.15, -0.1) is 0 Å². The molecule has 6 nitrogen and oxygen atoms in total. The normalized spacial score (nSPS) is 19.7. The molecule has 2 rings (SSSR count). The molecule has 0 heterocycles. The Kier molecular flexibility index (Phi) is 4.57. The van der Waals surface area contributed by atoms with E-state index < -0.39 is 17.8 Å². The molecule has 6 heteroatoms. The van der Waals surface area contributed by atoms with Crippen molar-refractivity contribution >= 4 is 17.8 Å². The molecular weight excluding hydrogens is 272 g/mol. The first-order valence-electron chi connectivity index (χ1n) is 6.77. The maximum atomic E-state index is 11.9. The van der Waals surface area contributed by atoms with Crippen molar-refractivity contribution in [3.05, 3.63) is 35.9 Å². The molecule has 2 N–H and O–H groups in total. The number of nitrogens with zero attached hydrogens (tertiary/aromatic N) is 1. The Bertz CT molecular complexity index is 544. The minimum Gasteiger partial charge on any atom is -0.481 e. The molecule has 0 bridgehead atoms. The molecular formula is C15H18N2O4. The Balaban J connectivity index is 1.74. The Morgan fingerprint density at radius 3 is 2.48 bits per heavy atom. The van der Waals surface area contributed by atoms with E-state index in [-0.39, 0.29) is 18.4 Å². The van der Waals surface area contributed by atoms with Crippen LogP contribution in [0.1, 0.15) is 12.0 Å². The predicted octanol–water partition coefficient (Wildman–Crippen LogP) is 0.482. The minimum absolute atomic E-state index is 0.106. The third kappa shape index (κ3) is 4.05. The predicted molar refractivity (Wildman–Crippen MR) is 75.2 cm³/mol. The molecule has 2 amide bonds. The van der Waals surface area contributed by atoms with Crippen LogP contribution in [0, 0.1) is 11.8 Å². The van der Waals surface area contributed by atoms with Gasteiger partial charge in [0.25, 0.3) is 0 Å². The van der Waals surface area contributed by atoms with Crippen LogP contribution in [-0.4, -0.2) is 41.4 Å². The number of amides is 2. The summed E-state index contributed by atoms with van der Waals surface area (Å²) in [6.07, 6.45) is 0.356. The van der Waals surface area contributed by atoms with E-state index in [1.54, 1.807) is 7.05 Å². The molecule has 0 spiro atoms. The van der Waals surface area contributed by atoms with Gasteiger partial charge in [0.15, 0.2) is 0 Å². The highest BCUT2D eigenvalue weighted by Gasteiger charge is 2.48. The van der Waals surface area contributed by atoms with E-state index in [1.165, 1.54) is 4.90 Å². The quantitative estimate of drug-likeness (QED) is 0.798. The lowest BCUT2D eigenvalue weighted by Crippen LogP contribution is -2.38. The van der Waals surface area contributed by atoms with Crippen LogP contribution in [-0.2, 0) is 20.9 Å². The number of nitrogens with one attached hydrogen (secondary N) is 1. The number of hydrogen-bond acceptors (Lipinski definition) is 3. The fourth-order valence-electron chi connectivity index (χ4n) is 2.13. The zero-order valence-corrected chi connectivity index (χ0v) is 11.8. The van der Waals surface area contributed by atoms with Gasteiger partial charge in [0.2, 0.25) is 11.8 Å². The van der Waals surface area contributed by atoms with Crippen LogP contribution in [0.2, 0.25) is 0 Å². The first kappa shape index (κ1) is 15.0. The van der Waals surface area contributed by atoms with Crippen LogP contribution < -0.4 is 5.32 Å². The van der Waals surface area contributed by atoms with Gasteiger partial charge in [0.05, 0.1) is 18.4 Å². The molecule has 0 saturated heterocycles. The third-order valence-electron chi connectivity index (χ3n) is 3.55. The van der Waals surface area contributed by atoms with Crippen LogP contribution in [0.3, 0.4) is 0 Å². The maximum absolute atomic E-state index is 11.9. The zero-order chi connectivity index (χ0) is 15.4. The molecule has 2 unspecified atom stereocenters. The molecule has 2 atom stereocenters. The summed E-state index contributed by atoms with van der Waals surface area (Å²) in [6, 6.07) is 9.54. The van der Waals surface area contributed by atoms with Gasteiger partial charge in [0, 0.05) is 13.6 Å². The topological polar surface area (TPSA) is 86.7 Å². The van der Waals surface area contributed by atoms with Crippen molar-refractivity contribution in [1.82, 2.24) is 10.2 Å². The number of benzene rings is 1. The van der Waals surface area contributed by atoms with Crippen LogP contribution >= 0.6 is 0 Å². The summed E-state index contributed by atoms with van der Waals surface area (Å²) >= 11 is 0. The van der Waals surface area contributed by atoms with E-state index in [4.69, 9.17) is 5.11 Å². The second-order valence-electron chi connectivity index (χ2n) is 5.24. The molecule has 1 aromatic rings. The standard InChI is InChI=1S/C15H18N2O4/c1-17(9-10-5-3-2-4-6-10)13(18)8-16-14(19)11-7-12(11)15(20)21/h2-6,11-12H,7-9H2,1H3,(H,16,19)(H,20,21). The molecule has 1 aliphatic rings. The Hall–Kier alpha value is -2.37. The third-order valence-corrected chi connectivity index (χ3v) is 3.55. The number of carboxylic acid groups (broad SMARTS) is 1. The first-order chi connectivity index (χ1) is 9.99. The highest BCUT2D eigenvalue weighted by atomic mass is 16.4. The van der Waals surface area contributed by atoms with Gasteiger partial charge >= 0.3 is 5.97 Å². The molecule has 1 fully saturated rings. The largest absolute Gasteiger partial charge is 0.481 e. The van der Waals surface area contributed by atoms with Crippen molar-refractivity contribution < 1.29 is 19.5 Å². The Morgan fingerprint density at radius 2 is 1.90 bits per heavy atom. The van der Waals surface area contributed by atoms with Crippen molar-refractivity contribution in [2.45, 2.75) is 13.0 Å². The Morgan fingerprint density at radius 1 is 1.24 bits per heavy atom. The lowest BCUT2D eigenvalue weighted by Gasteiger charge is -2.17. The van der Waals surface area contributed by atoms with E-state index in [0.717, 1.165) is 5.56 Å². The average molecular weight is 290 g/mol. The number of carbonyl (C=O) groups excluding carboxylic acids is 2. The molecule has 21 heavy (non-hydrogen) atoms. The molecule has 1 aliphatic carbocycles.